The summed E-state index contributed by atoms with van der Waals surface area (Å²) in [5, 5.41) is 10.1. The maximum atomic E-state index is 12.3. The number of alkyl halides is 2. The molecule has 100 valence electrons. The molecular weight excluding hydrogens is 299 g/mol. The first-order valence-corrected chi connectivity index (χ1v) is 5.81. The summed E-state index contributed by atoms with van der Waals surface area (Å²) in [5.41, 5.74) is 0.653. The second-order valence-corrected chi connectivity index (χ2v) is 4.12. The molecule has 4 nitrogen and oxygen atoms in total. The lowest BCUT2D eigenvalue weighted by Gasteiger charge is -2.12. The maximum Gasteiger partial charge on any atom is 0.387 e. The molecule has 8 heteroatoms. The summed E-state index contributed by atoms with van der Waals surface area (Å²) in [6.45, 7) is -2.92. The minimum absolute atomic E-state index is 0.0125. The number of para-hydroxylation sites is 2. The summed E-state index contributed by atoms with van der Waals surface area (Å²) in [6, 6.07) is 7.62. The summed E-state index contributed by atoms with van der Waals surface area (Å²) in [5.74, 6) is -0.0125. The van der Waals surface area contributed by atoms with Crippen LogP contribution in [0.3, 0.4) is 0 Å². The first-order chi connectivity index (χ1) is 9.06. The topological polar surface area (TPSA) is 47.0 Å². The SMILES string of the molecule is FC(F)Oc1ccccc1Nc1cc(Cl)nnc1Cl. The molecule has 19 heavy (non-hydrogen) atoms. The van der Waals surface area contributed by atoms with Crippen molar-refractivity contribution in [3.8, 4) is 5.75 Å². The molecule has 0 saturated carbocycles. The van der Waals surface area contributed by atoms with Crippen LogP contribution in [0.2, 0.25) is 10.3 Å². The minimum atomic E-state index is -2.92. The number of hydrogen-bond donors (Lipinski definition) is 1. The summed E-state index contributed by atoms with van der Waals surface area (Å²) < 4.78 is 28.9. The molecule has 0 bridgehead atoms. The van der Waals surface area contributed by atoms with Crippen LogP contribution >= 0.6 is 23.2 Å². The maximum absolute atomic E-state index is 12.3. The average molecular weight is 306 g/mol. The Hall–Kier alpha value is -1.66. The third-order valence-electron chi connectivity index (χ3n) is 2.09. The lowest BCUT2D eigenvalue weighted by Crippen LogP contribution is -2.04. The molecule has 2 rings (SSSR count). The monoisotopic (exact) mass is 305 g/mol. The van der Waals surface area contributed by atoms with Gasteiger partial charge in [0.05, 0.1) is 11.4 Å². The summed E-state index contributed by atoms with van der Waals surface area (Å²) in [6.07, 6.45) is 0. The highest BCUT2D eigenvalue weighted by molar-refractivity contribution is 6.33. The van der Waals surface area contributed by atoms with Crippen molar-refractivity contribution < 1.29 is 13.5 Å². The van der Waals surface area contributed by atoms with E-state index in [-0.39, 0.29) is 16.1 Å². The Bertz CT molecular complexity index is 584. The van der Waals surface area contributed by atoms with Crippen LogP contribution in [0.1, 0.15) is 0 Å². The van der Waals surface area contributed by atoms with Crippen LogP contribution in [-0.2, 0) is 0 Å². The highest BCUT2D eigenvalue weighted by atomic mass is 35.5. The average Bonchev–Trinajstić information content (AvgIpc) is 2.35. The largest absolute Gasteiger partial charge is 0.433 e. The van der Waals surface area contributed by atoms with Crippen molar-refractivity contribution in [1.82, 2.24) is 10.2 Å². The molecule has 1 aromatic heterocycles. The zero-order valence-electron chi connectivity index (χ0n) is 9.28. The number of anilines is 2. The lowest BCUT2D eigenvalue weighted by molar-refractivity contribution is -0.0493. The van der Waals surface area contributed by atoms with Crippen molar-refractivity contribution in [2.75, 3.05) is 5.32 Å². The first kappa shape index (κ1) is 13.8. The van der Waals surface area contributed by atoms with Crippen LogP contribution in [0.5, 0.6) is 5.75 Å². The van der Waals surface area contributed by atoms with Gasteiger partial charge in [0.1, 0.15) is 5.75 Å². The summed E-state index contributed by atoms with van der Waals surface area (Å²) in [4.78, 5) is 0. The van der Waals surface area contributed by atoms with Gasteiger partial charge in [-0.15, -0.1) is 10.2 Å². The Kier molecular flexibility index (Phi) is 4.34. The highest BCUT2D eigenvalue weighted by Crippen LogP contribution is 2.31. The molecule has 2 aromatic rings. The van der Waals surface area contributed by atoms with E-state index in [0.717, 1.165) is 0 Å². The molecule has 0 radical (unpaired) electrons. The van der Waals surface area contributed by atoms with Gasteiger partial charge in [-0.25, -0.2) is 0 Å². The Morgan fingerprint density at radius 2 is 1.84 bits per heavy atom. The van der Waals surface area contributed by atoms with Crippen molar-refractivity contribution >= 4 is 34.6 Å². The number of rotatable bonds is 4. The summed E-state index contributed by atoms with van der Waals surface area (Å²) >= 11 is 11.5. The van der Waals surface area contributed by atoms with E-state index in [1.165, 1.54) is 12.1 Å². The molecular formula is C11H7Cl2F2N3O. The molecule has 1 N–H and O–H groups in total. The van der Waals surface area contributed by atoms with Gasteiger partial charge in [-0.2, -0.15) is 8.78 Å². The standard InChI is InChI=1S/C11H7Cl2F2N3O/c12-9-5-7(10(13)18-17-9)16-6-3-1-2-4-8(6)19-11(14)15/h1-5,11H,(H,16,17). The van der Waals surface area contributed by atoms with Gasteiger partial charge < -0.3 is 10.1 Å². The van der Waals surface area contributed by atoms with Gasteiger partial charge in [-0.3, -0.25) is 0 Å². The quantitative estimate of drug-likeness (QED) is 0.922. The Morgan fingerprint density at radius 1 is 1.11 bits per heavy atom. The van der Waals surface area contributed by atoms with Gasteiger partial charge in [0.25, 0.3) is 0 Å². The van der Waals surface area contributed by atoms with Gasteiger partial charge in [0.2, 0.25) is 0 Å². The second kappa shape index (κ2) is 5.99. The predicted octanol–water partition coefficient (Wildman–Crippen LogP) is 4.13. The zero-order valence-corrected chi connectivity index (χ0v) is 10.8. The first-order valence-electron chi connectivity index (χ1n) is 5.06. The van der Waals surface area contributed by atoms with E-state index in [0.29, 0.717) is 11.4 Å². The predicted molar refractivity (Wildman–Crippen MR) is 68.4 cm³/mol. The van der Waals surface area contributed by atoms with E-state index in [1.54, 1.807) is 18.2 Å². The van der Waals surface area contributed by atoms with E-state index < -0.39 is 6.61 Å². The number of ether oxygens (including phenoxy) is 1. The fourth-order valence-electron chi connectivity index (χ4n) is 1.35. The van der Waals surface area contributed by atoms with Crippen molar-refractivity contribution in [1.29, 1.82) is 0 Å². The molecule has 1 heterocycles. The number of nitrogens with zero attached hydrogens (tertiary/aromatic N) is 2. The molecule has 0 amide bonds. The van der Waals surface area contributed by atoms with Crippen LogP contribution in [0.15, 0.2) is 30.3 Å². The molecule has 0 aliphatic rings. The molecule has 0 spiro atoms. The third kappa shape index (κ3) is 3.65. The molecule has 0 atom stereocenters. The van der Waals surface area contributed by atoms with Crippen molar-refractivity contribution in [2.24, 2.45) is 0 Å². The normalized spacial score (nSPS) is 10.6. The van der Waals surface area contributed by atoms with Gasteiger partial charge >= 0.3 is 6.61 Å². The van der Waals surface area contributed by atoms with Crippen LogP contribution < -0.4 is 10.1 Å². The molecule has 0 aliphatic heterocycles. The Balaban J connectivity index is 2.30. The molecule has 0 saturated heterocycles. The van der Waals surface area contributed by atoms with Crippen molar-refractivity contribution in [3.63, 3.8) is 0 Å². The number of halogens is 4. The lowest BCUT2D eigenvalue weighted by atomic mass is 10.3. The van der Waals surface area contributed by atoms with E-state index in [2.05, 4.69) is 20.3 Å². The highest BCUT2D eigenvalue weighted by Gasteiger charge is 2.11. The van der Waals surface area contributed by atoms with Gasteiger partial charge in [0.15, 0.2) is 10.3 Å². The Labute approximate surface area is 117 Å². The Morgan fingerprint density at radius 3 is 2.58 bits per heavy atom. The third-order valence-corrected chi connectivity index (χ3v) is 2.56. The van der Waals surface area contributed by atoms with Crippen LogP contribution in [-0.4, -0.2) is 16.8 Å². The smallest absolute Gasteiger partial charge is 0.387 e. The van der Waals surface area contributed by atoms with Gasteiger partial charge in [-0.05, 0) is 12.1 Å². The number of aromatic nitrogens is 2. The van der Waals surface area contributed by atoms with Crippen molar-refractivity contribution in [2.45, 2.75) is 6.61 Å². The number of hydrogen-bond acceptors (Lipinski definition) is 4. The summed E-state index contributed by atoms with van der Waals surface area (Å²) in [7, 11) is 0. The fourth-order valence-corrected chi connectivity index (χ4v) is 1.64. The van der Waals surface area contributed by atoms with E-state index >= 15 is 0 Å². The second-order valence-electron chi connectivity index (χ2n) is 3.37. The molecule has 0 aliphatic carbocycles. The number of benzene rings is 1. The minimum Gasteiger partial charge on any atom is -0.433 e. The van der Waals surface area contributed by atoms with Gasteiger partial charge in [-0.1, -0.05) is 35.3 Å². The van der Waals surface area contributed by atoms with Gasteiger partial charge in [0, 0.05) is 6.07 Å². The van der Waals surface area contributed by atoms with Crippen LogP contribution in [0.25, 0.3) is 0 Å². The van der Waals surface area contributed by atoms with Crippen LogP contribution in [0, 0.1) is 0 Å². The van der Waals surface area contributed by atoms with E-state index in [4.69, 9.17) is 23.2 Å². The van der Waals surface area contributed by atoms with Crippen LogP contribution in [0.4, 0.5) is 20.2 Å². The van der Waals surface area contributed by atoms with E-state index in [9.17, 15) is 8.78 Å². The number of nitrogens with one attached hydrogen (secondary N) is 1. The van der Waals surface area contributed by atoms with E-state index in [1.807, 2.05) is 0 Å². The molecule has 1 aromatic carbocycles. The molecule has 0 unspecified atom stereocenters. The zero-order chi connectivity index (χ0) is 13.8. The van der Waals surface area contributed by atoms with Crippen molar-refractivity contribution in [3.05, 3.63) is 40.6 Å². The molecule has 0 fully saturated rings. The fraction of sp³-hybridized carbons (Fsp3) is 0.0909.